The molecule has 0 aliphatic carbocycles. The first-order chi connectivity index (χ1) is 8.27. The predicted molar refractivity (Wildman–Crippen MR) is 77.3 cm³/mol. The Balaban J connectivity index is 2.50. The Kier molecular flexibility index (Phi) is 3.71. The Bertz CT molecular complexity index is 439. The molecule has 17 heavy (non-hydrogen) atoms. The summed E-state index contributed by atoms with van der Waals surface area (Å²) in [5, 5.41) is 2.64. The average Bonchev–Trinajstić information content (AvgIpc) is 2.41. The van der Waals surface area contributed by atoms with E-state index in [1.54, 1.807) is 0 Å². The summed E-state index contributed by atoms with van der Waals surface area (Å²) >= 11 is 0. The summed E-state index contributed by atoms with van der Waals surface area (Å²) in [4.78, 5) is 11.0. The minimum atomic E-state index is -1.87. The first-order valence-electron chi connectivity index (χ1n) is 5.82. The molecule has 0 aliphatic rings. The summed E-state index contributed by atoms with van der Waals surface area (Å²) in [5.41, 5.74) is 0. The van der Waals surface area contributed by atoms with Crippen molar-refractivity contribution in [2.24, 2.45) is 0 Å². The molecule has 0 saturated carbocycles. The summed E-state index contributed by atoms with van der Waals surface area (Å²) in [6.07, 6.45) is 1.70. The first kappa shape index (κ1) is 12.0. The van der Waals surface area contributed by atoms with Gasteiger partial charge in [0.05, 0.1) is 0 Å². The Labute approximate surface area is 103 Å². The van der Waals surface area contributed by atoms with E-state index in [1.165, 1.54) is 10.6 Å². The zero-order valence-electron chi connectivity index (χ0n) is 9.97. The Morgan fingerprint density at radius 1 is 0.882 bits per heavy atom. The molecular formula is C15H17OP. The van der Waals surface area contributed by atoms with E-state index in [4.69, 9.17) is 0 Å². The number of rotatable bonds is 4. The fraction of sp³-hybridized carbons (Fsp3) is 0.133. The molecule has 2 aromatic rings. The molecule has 0 atom stereocenters. The third-order valence-corrected chi connectivity index (χ3v) is 7.51. The van der Waals surface area contributed by atoms with E-state index < -0.39 is 7.26 Å². The van der Waals surface area contributed by atoms with Crippen molar-refractivity contribution in [1.82, 2.24) is 0 Å². The monoisotopic (exact) mass is 244 g/mol. The molecule has 2 heteroatoms. The van der Waals surface area contributed by atoms with Crippen molar-refractivity contribution in [3.8, 4) is 0 Å². The van der Waals surface area contributed by atoms with Gasteiger partial charge in [-0.3, -0.25) is 0 Å². The van der Waals surface area contributed by atoms with Crippen LogP contribution < -0.4 is 10.6 Å². The number of hydrogen-bond donors (Lipinski definition) is 0. The number of benzene rings is 2. The van der Waals surface area contributed by atoms with Crippen LogP contribution >= 0.6 is 7.26 Å². The van der Waals surface area contributed by atoms with Gasteiger partial charge in [-0.1, -0.05) is 0 Å². The molecule has 0 unspecified atom stereocenters. The molecule has 0 aromatic heterocycles. The van der Waals surface area contributed by atoms with Crippen LogP contribution in [-0.2, 0) is 4.79 Å². The third kappa shape index (κ3) is 2.45. The molecule has 0 N–H and O–H groups in total. The summed E-state index contributed by atoms with van der Waals surface area (Å²) in [6, 6.07) is 20.8. The van der Waals surface area contributed by atoms with Crippen molar-refractivity contribution in [2.45, 2.75) is 0 Å². The van der Waals surface area contributed by atoms with Crippen LogP contribution in [0, 0.1) is 0 Å². The van der Waals surface area contributed by atoms with Gasteiger partial charge in [-0.05, 0) is 0 Å². The zero-order chi connectivity index (χ0) is 12.1. The molecule has 2 rings (SSSR count). The summed E-state index contributed by atoms with van der Waals surface area (Å²) in [6.45, 7) is 2.26. The molecule has 0 saturated heterocycles. The van der Waals surface area contributed by atoms with Gasteiger partial charge in [0.25, 0.3) is 0 Å². The summed E-state index contributed by atoms with van der Waals surface area (Å²) < 4.78 is 0. The standard InChI is InChI=1S/C15H17OP/c1-17(13-12-16,14-8-4-2-5-9-14)15-10-6-3-7-11-15/h2-12,17H,13H2,1H3. The molecule has 0 aliphatic heterocycles. The van der Waals surface area contributed by atoms with Crippen LogP contribution in [0.15, 0.2) is 60.7 Å². The second kappa shape index (κ2) is 5.25. The molecule has 0 bridgehead atoms. The fourth-order valence-corrected chi connectivity index (χ4v) is 5.18. The normalized spacial score (nSPS) is 12.1. The number of aldehydes is 1. The van der Waals surface area contributed by atoms with E-state index >= 15 is 0 Å². The quantitative estimate of drug-likeness (QED) is 0.595. The molecule has 88 valence electrons. The van der Waals surface area contributed by atoms with Gasteiger partial charge in [0.1, 0.15) is 0 Å². The topological polar surface area (TPSA) is 17.1 Å². The number of carbonyl (C=O) groups is 1. The number of carbonyl (C=O) groups excluding carboxylic acids is 1. The van der Waals surface area contributed by atoms with Gasteiger partial charge in [0, 0.05) is 0 Å². The second-order valence-corrected chi connectivity index (χ2v) is 8.66. The van der Waals surface area contributed by atoms with Gasteiger partial charge in [0.2, 0.25) is 0 Å². The van der Waals surface area contributed by atoms with Crippen molar-refractivity contribution >= 4 is 24.2 Å². The second-order valence-electron chi connectivity index (χ2n) is 4.43. The molecule has 2 aromatic carbocycles. The van der Waals surface area contributed by atoms with Crippen LogP contribution in [0.25, 0.3) is 0 Å². The van der Waals surface area contributed by atoms with Crippen LogP contribution in [0.2, 0.25) is 0 Å². The molecule has 0 radical (unpaired) electrons. The molecule has 0 amide bonds. The van der Waals surface area contributed by atoms with Crippen molar-refractivity contribution in [3.05, 3.63) is 60.7 Å². The number of hydrogen-bond acceptors (Lipinski definition) is 1. The van der Waals surface area contributed by atoms with Gasteiger partial charge in [-0.2, -0.15) is 0 Å². The van der Waals surface area contributed by atoms with E-state index in [0.29, 0.717) is 6.16 Å². The van der Waals surface area contributed by atoms with E-state index in [2.05, 4.69) is 30.9 Å². The van der Waals surface area contributed by atoms with Crippen LogP contribution in [-0.4, -0.2) is 19.1 Å². The SMILES string of the molecule is C[PH](CC=O)(c1ccccc1)c1ccccc1. The minimum absolute atomic E-state index is 0.640. The zero-order valence-corrected chi connectivity index (χ0v) is 11.0. The molecular weight excluding hydrogens is 227 g/mol. The van der Waals surface area contributed by atoms with Gasteiger partial charge < -0.3 is 0 Å². The van der Waals surface area contributed by atoms with E-state index in [1.807, 2.05) is 36.4 Å². The van der Waals surface area contributed by atoms with E-state index in [9.17, 15) is 4.79 Å². The fourth-order valence-electron chi connectivity index (χ4n) is 2.18. The first-order valence-corrected chi connectivity index (χ1v) is 8.53. The van der Waals surface area contributed by atoms with Crippen LogP contribution in [0.5, 0.6) is 0 Å². The Hall–Kier alpha value is -1.46. The van der Waals surface area contributed by atoms with E-state index in [0.717, 1.165) is 6.29 Å². The Morgan fingerprint density at radius 3 is 1.65 bits per heavy atom. The van der Waals surface area contributed by atoms with Crippen molar-refractivity contribution in [3.63, 3.8) is 0 Å². The van der Waals surface area contributed by atoms with E-state index in [-0.39, 0.29) is 0 Å². The molecule has 0 heterocycles. The molecule has 0 spiro atoms. The third-order valence-electron chi connectivity index (χ3n) is 3.31. The van der Waals surface area contributed by atoms with Crippen LogP contribution in [0.4, 0.5) is 0 Å². The maximum absolute atomic E-state index is 11.0. The average molecular weight is 244 g/mol. The maximum atomic E-state index is 11.0. The summed E-state index contributed by atoms with van der Waals surface area (Å²) in [7, 11) is -1.87. The van der Waals surface area contributed by atoms with Crippen LogP contribution in [0.3, 0.4) is 0 Å². The van der Waals surface area contributed by atoms with Crippen LogP contribution in [0.1, 0.15) is 0 Å². The predicted octanol–water partition coefficient (Wildman–Crippen LogP) is 2.22. The summed E-state index contributed by atoms with van der Waals surface area (Å²) in [5.74, 6) is 0. The van der Waals surface area contributed by atoms with Crippen molar-refractivity contribution < 1.29 is 4.79 Å². The van der Waals surface area contributed by atoms with Crippen molar-refractivity contribution in [2.75, 3.05) is 12.8 Å². The van der Waals surface area contributed by atoms with Gasteiger partial charge in [-0.15, -0.1) is 0 Å². The Morgan fingerprint density at radius 2 is 1.29 bits per heavy atom. The van der Waals surface area contributed by atoms with Gasteiger partial charge >= 0.3 is 102 Å². The molecule has 1 nitrogen and oxygen atoms in total. The van der Waals surface area contributed by atoms with Crippen molar-refractivity contribution in [1.29, 1.82) is 0 Å². The van der Waals surface area contributed by atoms with Gasteiger partial charge in [-0.25, -0.2) is 0 Å². The molecule has 0 fully saturated rings. The van der Waals surface area contributed by atoms with Gasteiger partial charge in [0.15, 0.2) is 0 Å².